The molecule has 35 heavy (non-hydrogen) atoms. The summed E-state index contributed by atoms with van der Waals surface area (Å²) >= 11 is 18.3. The number of nitrogens with one attached hydrogen (secondary N) is 1. The topological polar surface area (TPSA) is 62.1 Å². The molecule has 0 spiro atoms. The maximum atomic E-state index is 12.9. The Labute approximate surface area is 218 Å². The molecule has 0 atom stereocenters. The lowest BCUT2D eigenvalue weighted by Gasteiger charge is -2.13. The molecule has 4 rings (SSSR count). The van der Waals surface area contributed by atoms with Crippen LogP contribution in [0.4, 0.5) is 5.69 Å². The minimum atomic E-state index is -0.546. The van der Waals surface area contributed by atoms with Crippen LogP contribution in [0.5, 0.6) is 5.75 Å². The number of anilines is 1. The molecule has 4 aromatic rings. The molecule has 174 valence electrons. The van der Waals surface area contributed by atoms with Gasteiger partial charge in [0.25, 0.3) is 5.91 Å². The van der Waals surface area contributed by atoms with Crippen LogP contribution < -0.4 is 10.1 Å². The highest BCUT2D eigenvalue weighted by atomic mass is 35.5. The zero-order valence-electron chi connectivity index (χ0n) is 18.6. The molecule has 0 fully saturated rings. The van der Waals surface area contributed by atoms with E-state index in [-0.39, 0.29) is 12.2 Å². The summed E-state index contributed by atoms with van der Waals surface area (Å²) in [6.07, 6.45) is 1.54. The quantitative estimate of drug-likeness (QED) is 0.205. The number of benzene rings is 4. The second-order valence-electron chi connectivity index (χ2n) is 7.82. The van der Waals surface area contributed by atoms with Crippen LogP contribution in [-0.2, 0) is 11.4 Å². The maximum absolute atomic E-state index is 12.9. The SMILES string of the molecule is Cc1ccc(NC(=O)/C(C#N)=C/c2c(OCc3ccc(Cl)c(Cl)c3)ccc3ccccc23)cc1Cl. The summed E-state index contributed by atoms with van der Waals surface area (Å²) < 4.78 is 6.09. The van der Waals surface area contributed by atoms with Gasteiger partial charge in [0.05, 0.1) is 10.0 Å². The van der Waals surface area contributed by atoms with Crippen molar-refractivity contribution >= 4 is 63.2 Å². The van der Waals surface area contributed by atoms with Crippen molar-refractivity contribution in [2.24, 2.45) is 0 Å². The molecule has 0 aliphatic rings. The number of amides is 1. The summed E-state index contributed by atoms with van der Waals surface area (Å²) in [5.74, 6) is -0.0236. The number of halogens is 3. The molecule has 0 unspecified atom stereocenters. The van der Waals surface area contributed by atoms with Gasteiger partial charge in [0.2, 0.25) is 0 Å². The molecule has 1 N–H and O–H groups in total. The normalized spacial score (nSPS) is 11.2. The van der Waals surface area contributed by atoms with Gasteiger partial charge in [-0.05, 0) is 65.2 Å². The van der Waals surface area contributed by atoms with E-state index in [2.05, 4.69) is 5.32 Å². The van der Waals surface area contributed by atoms with Gasteiger partial charge in [-0.15, -0.1) is 0 Å². The van der Waals surface area contributed by atoms with Crippen LogP contribution in [0.2, 0.25) is 15.1 Å². The molecule has 0 heterocycles. The van der Waals surface area contributed by atoms with Gasteiger partial charge in [0.1, 0.15) is 24.0 Å². The molecule has 1 amide bonds. The van der Waals surface area contributed by atoms with E-state index in [1.807, 2.05) is 55.5 Å². The highest BCUT2D eigenvalue weighted by molar-refractivity contribution is 6.42. The number of hydrogen-bond donors (Lipinski definition) is 1. The second kappa shape index (κ2) is 10.8. The molecule has 4 aromatic carbocycles. The van der Waals surface area contributed by atoms with Crippen molar-refractivity contribution in [3.63, 3.8) is 0 Å². The summed E-state index contributed by atoms with van der Waals surface area (Å²) in [4.78, 5) is 12.9. The molecule has 0 aliphatic carbocycles. The van der Waals surface area contributed by atoms with Crippen LogP contribution >= 0.6 is 34.8 Å². The first-order valence-electron chi connectivity index (χ1n) is 10.6. The second-order valence-corrected chi connectivity index (χ2v) is 9.05. The van der Waals surface area contributed by atoms with E-state index in [1.165, 1.54) is 6.08 Å². The summed E-state index contributed by atoms with van der Waals surface area (Å²) in [5, 5.41) is 15.7. The highest BCUT2D eigenvalue weighted by Crippen LogP contribution is 2.32. The van der Waals surface area contributed by atoms with Crippen molar-refractivity contribution in [1.29, 1.82) is 5.26 Å². The number of hydrogen-bond acceptors (Lipinski definition) is 3. The Morgan fingerprint density at radius 1 is 0.971 bits per heavy atom. The summed E-state index contributed by atoms with van der Waals surface area (Å²) in [6.45, 7) is 2.10. The predicted octanol–water partition coefficient (Wildman–Crippen LogP) is 8.23. The zero-order valence-corrected chi connectivity index (χ0v) is 20.9. The number of carbonyl (C=O) groups is 1. The van der Waals surface area contributed by atoms with Crippen molar-refractivity contribution in [3.8, 4) is 11.8 Å². The number of nitrogens with zero attached hydrogens (tertiary/aromatic N) is 1. The Morgan fingerprint density at radius 3 is 2.51 bits per heavy atom. The minimum absolute atomic E-state index is 0.0718. The Morgan fingerprint density at radius 2 is 1.77 bits per heavy atom. The first kappa shape index (κ1) is 24.6. The lowest BCUT2D eigenvalue weighted by Crippen LogP contribution is -2.13. The number of rotatable bonds is 6. The van der Waals surface area contributed by atoms with Gasteiger partial charge in [0, 0.05) is 16.3 Å². The van der Waals surface area contributed by atoms with Gasteiger partial charge in [-0.25, -0.2) is 0 Å². The Hall–Kier alpha value is -3.49. The predicted molar refractivity (Wildman–Crippen MR) is 143 cm³/mol. The number of carbonyl (C=O) groups excluding carboxylic acids is 1. The van der Waals surface area contributed by atoms with Crippen molar-refractivity contribution in [3.05, 3.63) is 110 Å². The molecule has 7 heteroatoms. The van der Waals surface area contributed by atoms with E-state index >= 15 is 0 Å². The van der Waals surface area contributed by atoms with E-state index in [0.717, 1.165) is 21.9 Å². The third-order valence-electron chi connectivity index (χ3n) is 5.39. The van der Waals surface area contributed by atoms with E-state index < -0.39 is 5.91 Å². The number of ether oxygens (including phenoxy) is 1. The zero-order chi connectivity index (χ0) is 24.9. The van der Waals surface area contributed by atoms with Gasteiger partial charge in [-0.2, -0.15) is 5.26 Å². The van der Waals surface area contributed by atoms with Crippen molar-refractivity contribution in [2.45, 2.75) is 13.5 Å². The van der Waals surface area contributed by atoms with Gasteiger partial charge < -0.3 is 10.1 Å². The highest BCUT2D eigenvalue weighted by Gasteiger charge is 2.14. The molecular weight excluding hydrogens is 503 g/mol. The van der Waals surface area contributed by atoms with E-state index in [9.17, 15) is 10.1 Å². The van der Waals surface area contributed by atoms with Crippen molar-refractivity contribution in [2.75, 3.05) is 5.32 Å². The van der Waals surface area contributed by atoms with E-state index in [4.69, 9.17) is 39.5 Å². The lowest BCUT2D eigenvalue weighted by molar-refractivity contribution is -0.112. The third kappa shape index (κ3) is 5.78. The standard InChI is InChI=1S/C28H19Cl3N2O2/c1-17-6-9-21(14-25(17)30)33-28(34)20(15-32)13-23-22-5-3-2-4-19(22)8-11-27(23)35-16-18-7-10-24(29)26(31)12-18/h2-14H,16H2,1H3,(H,33,34)/b20-13+. The van der Waals surface area contributed by atoms with E-state index in [1.54, 1.807) is 30.3 Å². The van der Waals surface area contributed by atoms with Gasteiger partial charge in [0.15, 0.2) is 0 Å². The molecular formula is C28H19Cl3N2O2. The molecule has 0 bridgehead atoms. The molecule has 4 nitrogen and oxygen atoms in total. The first-order valence-corrected chi connectivity index (χ1v) is 11.8. The maximum Gasteiger partial charge on any atom is 0.266 e. The monoisotopic (exact) mass is 520 g/mol. The average molecular weight is 522 g/mol. The lowest BCUT2D eigenvalue weighted by atomic mass is 10.0. The molecule has 0 aliphatic heterocycles. The smallest absolute Gasteiger partial charge is 0.266 e. The van der Waals surface area contributed by atoms with Crippen LogP contribution in [0.15, 0.2) is 78.4 Å². The van der Waals surface area contributed by atoms with Gasteiger partial charge in [-0.3, -0.25) is 4.79 Å². The van der Waals surface area contributed by atoms with Crippen molar-refractivity contribution < 1.29 is 9.53 Å². The molecule has 0 saturated carbocycles. The number of aryl methyl sites for hydroxylation is 1. The summed E-state index contributed by atoms with van der Waals surface area (Å²) in [5.41, 5.74) is 2.77. The summed E-state index contributed by atoms with van der Waals surface area (Å²) in [6, 6.07) is 23.9. The fourth-order valence-electron chi connectivity index (χ4n) is 3.50. The average Bonchev–Trinajstić information content (AvgIpc) is 2.85. The molecule has 0 radical (unpaired) electrons. The van der Waals surface area contributed by atoms with Crippen molar-refractivity contribution in [1.82, 2.24) is 0 Å². The van der Waals surface area contributed by atoms with Crippen LogP contribution in [0.25, 0.3) is 16.8 Å². The van der Waals surface area contributed by atoms with Crippen LogP contribution in [-0.4, -0.2) is 5.91 Å². The van der Waals surface area contributed by atoms with Gasteiger partial charge >= 0.3 is 0 Å². The fraction of sp³-hybridized carbons (Fsp3) is 0.0714. The number of nitriles is 1. The van der Waals surface area contributed by atoms with Crippen LogP contribution in [0.3, 0.4) is 0 Å². The Kier molecular flexibility index (Phi) is 7.63. The van der Waals surface area contributed by atoms with Crippen LogP contribution in [0.1, 0.15) is 16.7 Å². The summed E-state index contributed by atoms with van der Waals surface area (Å²) in [7, 11) is 0. The first-order chi connectivity index (χ1) is 16.9. The van der Waals surface area contributed by atoms with Gasteiger partial charge in [-0.1, -0.05) is 77.3 Å². The third-order valence-corrected chi connectivity index (χ3v) is 6.54. The Balaban J connectivity index is 1.69. The molecule has 0 aromatic heterocycles. The number of fused-ring (bicyclic) bond motifs is 1. The minimum Gasteiger partial charge on any atom is -0.488 e. The largest absolute Gasteiger partial charge is 0.488 e. The molecule has 0 saturated heterocycles. The van der Waals surface area contributed by atoms with Crippen LogP contribution in [0, 0.1) is 18.3 Å². The van der Waals surface area contributed by atoms with E-state index in [0.29, 0.717) is 32.1 Å². The fourth-order valence-corrected chi connectivity index (χ4v) is 4.00. The Bertz CT molecular complexity index is 1510.